The number of nitrogens with zero attached hydrogens (tertiary/aromatic N) is 1. The highest BCUT2D eigenvalue weighted by Crippen LogP contribution is 2.28. The van der Waals surface area contributed by atoms with Gasteiger partial charge in [-0.25, -0.2) is 0 Å². The van der Waals surface area contributed by atoms with Gasteiger partial charge < -0.3 is 14.6 Å². The summed E-state index contributed by atoms with van der Waals surface area (Å²) < 4.78 is 7.52. The van der Waals surface area contributed by atoms with Crippen LogP contribution in [0.15, 0.2) is 60.7 Å². The first-order chi connectivity index (χ1) is 12.5. The van der Waals surface area contributed by atoms with Crippen LogP contribution in [-0.4, -0.2) is 17.6 Å². The lowest BCUT2D eigenvalue weighted by molar-refractivity contribution is 0.102. The lowest BCUT2D eigenvalue weighted by Crippen LogP contribution is -2.15. The summed E-state index contributed by atoms with van der Waals surface area (Å²) in [7, 11) is 1.60. The first-order valence-corrected chi connectivity index (χ1v) is 8.70. The third-order valence-electron chi connectivity index (χ3n) is 4.75. The molecule has 4 heteroatoms. The standard InChI is InChI=1S/C22H24N2O2/c1-15-14-19(22(25)23-20-12-8-9-13-21(20)26-4)17(3)24(15)16(2)18-10-6-5-7-11-18/h5-14,16H,1-4H3,(H,23,25)/t16-/m0/s1. The maximum atomic E-state index is 12.8. The largest absolute Gasteiger partial charge is 0.495 e. The van der Waals surface area contributed by atoms with Gasteiger partial charge in [0.1, 0.15) is 5.75 Å². The molecule has 26 heavy (non-hydrogen) atoms. The quantitative estimate of drug-likeness (QED) is 0.707. The minimum absolute atomic E-state index is 0.130. The number of benzene rings is 2. The Morgan fingerprint density at radius 1 is 1.04 bits per heavy atom. The smallest absolute Gasteiger partial charge is 0.257 e. The number of rotatable bonds is 5. The first kappa shape index (κ1) is 17.8. The molecular weight excluding hydrogens is 324 g/mol. The Hall–Kier alpha value is -3.01. The van der Waals surface area contributed by atoms with Crippen molar-refractivity contribution in [3.63, 3.8) is 0 Å². The number of hydrogen-bond donors (Lipinski definition) is 1. The molecule has 0 fully saturated rings. The molecule has 2 aromatic carbocycles. The molecule has 1 N–H and O–H groups in total. The lowest BCUT2D eigenvalue weighted by Gasteiger charge is -2.19. The Balaban J connectivity index is 1.91. The van der Waals surface area contributed by atoms with Gasteiger partial charge in [-0.3, -0.25) is 4.79 Å². The summed E-state index contributed by atoms with van der Waals surface area (Å²) in [5.41, 5.74) is 4.57. The summed E-state index contributed by atoms with van der Waals surface area (Å²) in [4.78, 5) is 12.8. The molecule has 0 saturated heterocycles. The third kappa shape index (κ3) is 3.36. The summed E-state index contributed by atoms with van der Waals surface area (Å²) in [5, 5.41) is 2.96. The second kappa shape index (κ2) is 7.48. The summed E-state index contributed by atoms with van der Waals surface area (Å²) in [5.74, 6) is 0.515. The van der Waals surface area contributed by atoms with E-state index in [-0.39, 0.29) is 11.9 Å². The van der Waals surface area contributed by atoms with E-state index in [0.717, 1.165) is 11.4 Å². The number of aromatic nitrogens is 1. The topological polar surface area (TPSA) is 43.3 Å². The second-order valence-corrected chi connectivity index (χ2v) is 6.40. The van der Waals surface area contributed by atoms with Crippen molar-refractivity contribution in [2.24, 2.45) is 0 Å². The Morgan fingerprint density at radius 2 is 1.69 bits per heavy atom. The molecule has 134 valence electrons. The predicted molar refractivity (Wildman–Crippen MR) is 105 cm³/mol. The summed E-state index contributed by atoms with van der Waals surface area (Å²) in [6.45, 7) is 6.17. The van der Waals surface area contributed by atoms with Crippen LogP contribution >= 0.6 is 0 Å². The van der Waals surface area contributed by atoms with Crippen molar-refractivity contribution < 1.29 is 9.53 Å². The average Bonchev–Trinajstić information content (AvgIpc) is 2.96. The number of ether oxygens (including phenoxy) is 1. The molecule has 0 aliphatic carbocycles. The Bertz CT molecular complexity index is 913. The molecule has 3 rings (SSSR count). The molecule has 0 bridgehead atoms. The van der Waals surface area contributed by atoms with Crippen LogP contribution in [0, 0.1) is 13.8 Å². The lowest BCUT2D eigenvalue weighted by atomic mass is 10.1. The number of hydrogen-bond acceptors (Lipinski definition) is 2. The minimum Gasteiger partial charge on any atom is -0.495 e. The molecule has 1 heterocycles. The van der Waals surface area contributed by atoms with Crippen LogP contribution in [0.25, 0.3) is 0 Å². The zero-order valence-corrected chi connectivity index (χ0v) is 15.6. The van der Waals surface area contributed by atoms with Crippen LogP contribution in [0.4, 0.5) is 5.69 Å². The number of para-hydroxylation sites is 2. The summed E-state index contributed by atoms with van der Waals surface area (Å²) in [6.07, 6.45) is 0. The molecule has 1 aromatic heterocycles. The fraction of sp³-hybridized carbons (Fsp3) is 0.227. The summed E-state index contributed by atoms with van der Waals surface area (Å²) >= 11 is 0. The van der Waals surface area contributed by atoms with Crippen molar-refractivity contribution in [2.45, 2.75) is 26.8 Å². The summed E-state index contributed by atoms with van der Waals surface area (Å²) in [6, 6.07) is 19.8. The highest BCUT2D eigenvalue weighted by molar-refractivity contribution is 6.06. The molecule has 1 atom stereocenters. The van der Waals surface area contributed by atoms with Gasteiger partial charge in [-0.15, -0.1) is 0 Å². The van der Waals surface area contributed by atoms with E-state index in [9.17, 15) is 4.79 Å². The van der Waals surface area contributed by atoms with E-state index in [1.165, 1.54) is 5.56 Å². The van der Waals surface area contributed by atoms with Crippen LogP contribution in [-0.2, 0) is 0 Å². The van der Waals surface area contributed by atoms with Crippen LogP contribution in [0.1, 0.15) is 40.3 Å². The van der Waals surface area contributed by atoms with Crippen LogP contribution in [0.5, 0.6) is 5.75 Å². The third-order valence-corrected chi connectivity index (χ3v) is 4.75. The maximum Gasteiger partial charge on any atom is 0.257 e. The maximum absolute atomic E-state index is 12.8. The number of aryl methyl sites for hydroxylation is 1. The number of nitrogens with one attached hydrogen (secondary N) is 1. The molecule has 0 aliphatic heterocycles. The van der Waals surface area contributed by atoms with Gasteiger partial charge in [-0.1, -0.05) is 42.5 Å². The fourth-order valence-corrected chi connectivity index (χ4v) is 3.42. The molecule has 0 saturated carbocycles. The SMILES string of the molecule is COc1ccccc1NC(=O)c1cc(C)n([C@@H](C)c2ccccc2)c1C. The van der Waals surface area contributed by atoms with Crippen LogP contribution < -0.4 is 10.1 Å². The molecule has 0 radical (unpaired) electrons. The van der Waals surface area contributed by atoms with Crippen molar-refractivity contribution in [3.8, 4) is 5.75 Å². The van der Waals surface area contributed by atoms with E-state index in [1.807, 2.05) is 62.4 Å². The predicted octanol–water partition coefficient (Wildman–Crippen LogP) is 4.98. The van der Waals surface area contributed by atoms with Gasteiger partial charge in [-0.05, 0) is 44.5 Å². The van der Waals surface area contributed by atoms with Gasteiger partial charge in [0, 0.05) is 11.4 Å². The Morgan fingerprint density at radius 3 is 2.38 bits per heavy atom. The molecule has 1 amide bonds. The first-order valence-electron chi connectivity index (χ1n) is 8.70. The van der Waals surface area contributed by atoms with E-state index < -0.39 is 0 Å². The number of methoxy groups -OCH3 is 1. The molecular formula is C22H24N2O2. The van der Waals surface area contributed by atoms with Gasteiger partial charge >= 0.3 is 0 Å². The molecule has 3 aromatic rings. The Labute approximate surface area is 154 Å². The van der Waals surface area contributed by atoms with Crippen LogP contribution in [0.2, 0.25) is 0 Å². The van der Waals surface area contributed by atoms with Crippen LogP contribution in [0.3, 0.4) is 0 Å². The number of carbonyl (C=O) groups is 1. The van der Waals surface area contributed by atoms with Crippen molar-refractivity contribution in [1.82, 2.24) is 4.57 Å². The zero-order chi connectivity index (χ0) is 18.7. The monoisotopic (exact) mass is 348 g/mol. The van der Waals surface area contributed by atoms with E-state index >= 15 is 0 Å². The average molecular weight is 348 g/mol. The van der Waals surface area contributed by atoms with Crippen molar-refractivity contribution >= 4 is 11.6 Å². The van der Waals surface area contributed by atoms with Gasteiger partial charge in [0.05, 0.1) is 24.4 Å². The molecule has 0 aliphatic rings. The number of anilines is 1. The Kier molecular flexibility index (Phi) is 5.12. The number of carbonyl (C=O) groups excluding carboxylic acids is 1. The van der Waals surface area contributed by atoms with Gasteiger partial charge in [0.25, 0.3) is 5.91 Å². The molecule has 0 unspecified atom stereocenters. The van der Waals surface area contributed by atoms with E-state index in [0.29, 0.717) is 17.0 Å². The molecule has 4 nitrogen and oxygen atoms in total. The number of amides is 1. The zero-order valence-electron chi connectivity index (χ0n) is 15.6. The highest BCUT2D eigenvalue weighted by Gasteiger charge is 2.20. The minimum atomic E-state index is -0.130. The highest BCUT2D eigenvalue weighted by atomic mass is 16.5. The van der Waals surface area contributed by atoms with E-state index in [1.54, 1.807) is 7.11 Å². The molecule has 0 spiro atoms. The van der Waals surface area contributed by atoms with E-state index in [2.05, 4.69) is 28.9 Å². The normalized spacial score (nSPS) is 11.8. The van der Waals surface area contributed by atoms with Crippen molar-refractivity contribution in [2.75, 3.05) is 12.4 Å². The van der Waals surface area contributed by atoms with Gasteiger partial charge in [-0.2, -0.15) is 0 Å². The van der Waals surface area contributed by atoms with Gasteiger partial charge in [0.15, 0.2) is 0 Å². The van der Waals surface area contributed by atoms with Crippen molar-refractivity contribution in [1.29, 1.82) is 0 Å². The van der Waals surface area contributed by atoms with E-state index in [4.69, 9.17) is 4.74 Å². The van der Waals surface area contributed by atoms with Crippen molar-refractivity contribution in [3.05, 3.63) is 83.2 Å². The fourth-order valence-electron chi connectivity index (χ4n) is 3.42. The van der Waals surface area contributed by atoms with Gasteiger partial charge in [0.2, 0.25) is 0 Å². The second-order valence-electron chi connectivity index (χ2n) is 6.40.